The van der Waals surface area contributed by atoms with Gasteiger partial charge in [-0.25, -0.2) is 0 Å². The summed E-state index contributed by atoms with van der Waals surface area (Å²) in [5.41, 5.74) is 0.763. The molecule has 0 N–H and O–H groups in total. The fraction of sp³-hybridized carbons (Fsp3) is 0.300. The van der Waals surface area contributed by atoms with Gasteiger partial charge in [0.05, 0.1) is 11.3 Å². The Morgan fingerprint density at radius 3 is 2.28 bits per heavy atom. The van der Waals surface area contributed by atoms with Crippen LogP contribution in [0.25, 0.3) is 0 Å². The molecule has 0 spiro atoms. The van der Waals surface area contributed by atoms with E-state index in [1.54, 1.807) is 34.1 Å². The first-order chi connectivity index (χ1) is 13.9. The lowest BCUT2D eigenvalue weighted by molar-refractivity contribution is -0.385. The molecule has 1 aliphatic heterocycles. The summed E-state index contributed by atoms with van der Waals surface area (Å²) in [5.74, 6) is -0.396. The van der Waals surface area contributed by atoms with Crippen LogP contribution in [0.1, 0.15) is 15.9 Å². The molecule has 0 radical (unpaired) electrons. The van der Waals surface area contributed by atoms with Gasteiger partial charge in [0.2, 0.25) is 5.91 Å². The van der Waals surface area contributed by atoms with Gasteiger partial charge in [-0.3, -0.25) is 19.7 Å². The Hall–Kier alpha value is -2.58. The van der Waals surface area contributed by atoms with E-state index in [1.165, 1.54) is 17.8 Å². The van der Waals surface area contributed by atoms with Gasteiger partial charge in [-0.1, -0.05) is 23.7 Å². The molecule has 1 fully saturated rings. The number of rotatable bonds is 5. The number of halogens is 1. The maximum absolute atomic E-state index is 12.9. The van der Waals surface area contributed by atoms with E-state index < -0.39 is 4.92 Å². The predicted molar refractivity (Wildman–Crippen MR) is 113 cm³/mol. The molecule has 0 atom stereocenters. The Labute approximate surface area is 177 Å². The third kappa shape index (κ3) is 5.07. The summed E-state index contributed by atoms with van der Waals surface area (Å²) in [4.78, 5) is 40.3. The van der Waals surface area contributed by atoms with Crippen LogP contribution in [0, 0.1) is 10.1 Å². The van der Waals surface area contributed by atoms with Crippen molar-refractivity contribution in [2.45, 2.75) is 11.3 Å². The molecule has 0 unspecified atom stereocenters. The maximum Gasteiger partial charge on any atom is 0.282 e. The molecule has 2 amide bonds. The van der Waals surface area contributed by atoms with Crippen molar-refractivity contribution in [2.75, 3.05) is 32.4 Å². The van der Waals surface area contributed by atoms with Crippen molar-refractivity contribution in [3.8, 4) is 0 Å². The van der Waals surface area contributed by atoms with Crippen molar-refractivity contribution >= 4 is 40.9 Å². The summed E-state index contributed by atoms with van der Waals surface area (Å²) in [6.45, 7) is 1.47. The Bertz CT molecular complexity index is 928. The van der Waals surface area contributed by atoms with Crippen molar-refractivity contribution in [3.63, 3.8) is 0 Å². The number of hydrogen-bond acceptors (Lipinski definition) is 5. The van der Waals surface area contributed by atoms with Crippen LogP contribution in [0.3, 0.4) is 0 Å². The summed E-state index contributed by atoms with van der Waals surface area (Å²) >= 11 is 7.29. The predicted octanol–water partition coefficient (Wildman–Crippen LogP) is 3.50. The van der Waals surface area contributed by atoms with Crippen LogP contribution in [0.2, 0.25) is 5.02 Å². The minimum Gasteiger partial charge on any atom is -0.339 e. The van der Waals surface area contributed by atoms with E-state index >= 15 is 0 Å². The second-order valence-electron chi connectivity index (χ2n) is 6.62. The normalized spacial score (nSPS) is 14.0. The third-order valence-electron chi connectivity index (χ3n) is 4.82. The molecule has 1 heterocycles. The first-order valence-electron chi connectivity index (χ1n) is 9.03. The number of carbonyl (C=O) groups is 2. The van der Waals surface area contributed by atoms with Crippen molar-refractivity contribution < 1.29 is 14.5 Å². The zero-order chi connectivity index (χ0) is 21.0. The fourth-order valence-electron chi connectivity index (χ4n) is 3.19. The second-order valence-corrected chi connectivity index (χ2v) is 7.93. The number of nitro benzene ring substituents is 1. The molecule has 1 aliphatic rings. The average Bonchev–Trinajstić information content (AvgIpc) is 2.74. The van der Waals surface area contributed by atoms with E-state index in [0.29, 0.717) is 31.2 Å². The molecular weight excluding hydrogens is 414 g/mol. The lowest BCUT2D eigenvalue weighted by atomic mass is 10.1. The molecule has 0 bridgehead atoms. The van der Waals surface area contributed by atoms with Crippen LogP contribution in [-0.4, -0.2) is 59.0 Å². The largest absolute Gasteiger partial charge is 0.339 e. The number of carbonyl (C=O) groups excluding carboxylic acids is 2. The molecule has 1 saturated heterocycles. The van der Waals surface area contributed by atoms with Crippen LogP contribution < -0.4 is 0 Å². The van der Waals surface area contributed by atoms with Gasteiger partial charge in [0.1, 0.15) is 5.56 Å². The first kappa shape index (κ1) is 21.1. The van der Waals surface area contributed by atoms with Crippen LogP contribution in [0.5, 0.6) is 0 Å². The van der Waals surface area contributed by atoms with E-state index in [0.717, 1.165) is 10.5 Å². The minimum absolute atomic E-state index is 0.0187. The highest BCUT2D eigenvalue weighted by Gasteiger charge is 2.29. The highest BCUT2D eigenvalue weighted by atomic mass is 35.5. The number of benzene rings is 2. The Morgan fingerprint density at radius 2 is 1.69 bits per heavy atom. The highest BCUT2D eigenvalue weighted by molar-refractivity contribution is 7.98. The second kappa shape index (κ2) is 9.28. The van der Waals surface area contributed by atoms with Crippen LogP contribution in [0.4, 0.5) is 5.69 Å². The molecule has 0 aromatic heterocycles. The van der Waals surface area contributed by atoms with Gasteiger partial charge in [-0.05, 0) is 36.1 Å². The smallest absolute Gasteiger partial charge is 0.282 e. The zero-order valence-corrected chi connectivity index (χ0v) is 17.4. The van der Waals surface area contributed by atoms with Gasteiger partial charge < -0.3 is 9.80 Å². The third-order valence-corrected chi connectivity index (χ3v) is 5.80. The Morgan fingerprint density at radius 1 is 1.07 bits per heavy atom. The van der Waals surface area contributed by atoms with Gasteiger partial charge in [0.15, 0.2) is 0 Å². The van der Waals surface area contributed by atoms with E-state index in [9.17, 15) is 19.7 Å². The summed E-state index contributed by atoms with van der Waals surface area (Å²) in [6.07, 6.45) is 2.12. The van der Waals surface area contributed by atoms with Crippen molar-refractivity contribution in [2.24, 2.45) is 0 Å². The average molecular weight is 434 g/mol. The molecule has 29 heavy (non-hydrogen) atoms. The molecule has 0 aliphatic carbocycles. The summed E-state index contributed by atoms with van der Waals surface area (Å²) < 4.78 is 0. The molecule has 0 saturated carbocycles. The quantitative estimate of drug-likeness (QED) is 0.409. The van der Waals surface area contributed by atoms with E-state index in [2.05, 4.69) is 0 Å². The van der Waals surface area contributed by atoms with Crippen molar-refractivity contribution in [3.05, 3.63) is 68.7 Å². The topological polar surface area (TPSA) is 83.8 Å². The highest BCUT2D eigenvalue weighted by Crippen LogP contribution is 2.26. The van der Waals surface area contributed by atoms with Gasteiger partial charge in [0.25, 0.3) is 11.6 Å². The lowest BCUT2D eigenvalue weighted by Crippen LogP contribution is -2.51. The number of amides is 2. The Balaban J connectivity index is 1.64. The van der Waals surface area contributed by atoms with Crippen LogP contribution in [0.15, 0.2) is 47.4 Å². The summed E-state index contributed by atoms with van der Waals surface area (Å²) in [5, 5.41) is 11.9. The Kier molecular flexibility index (Phi) is 6.76. The minimum atomic E-state index is -0.538. The number of nitrogens with zero attached hydrogens (tertiary/aromatic N) is 3. The first-order valence-corrected chi connectivity index (χ1v) is 10.6. The number of piperazine rings is 1. The van der Waals surface area contributed by atoms with Crippen LogP contribution in [-0.2, 0) is 11.2 Å². The van der Waals surface area contributed by atoms with Gasteiger partial charge in [0, 0.05) is 42.2 Å². The van der Waals surface area contributed by atoms with Crippen molar-refractivity contribution in [1.82, 2.24) is 9.80 Å². The number of thioether (sulfide) groups is 1. The monoisotopic (exact) mass is 433 g/mol. The van der Waals surface area contributed by atoms with Crippen LogP contribution >= 0.6 is 23.4 Å². The molecule has 7 nitrogen and oxygen atoms in total. The van der Waals surface area contributed by atoms with Gasteiger partial charge >= 0.3 is 0 Å². The molecule has 2 aromatic carbocycles. The van der Waals surface area contributed by atoms with E-state index in [-0.39, 0.29) is 29.5 Å². The number of nitro groups is 1. The zero-order valence-electron chi connectivity index (χ0n) is 15.8. The van der Waals surface area contributed by atoms with Crippen molar-refractivity contribution in [1.29, 1.82) is 0 Å². The van der Waals surface area contributed by atoms with E-state index in [4.69, 9.17) is 11.6 Å². The summed E-state index contributed by atoms with van der Waals surface area (Å²) in [7, 11) is 0. The van der Waals surface area contributed by atoms with E-state index in [1.807, 2.05) is 18.4 Å². The SMILES string of the molecule is CSc1ccc([N+](=O)[O-])c(C(=O)N2CCN(C(=O)Cc3ccc(Cl)cc3)CC2)c1. The molecule has 2 aromatic rings. The molecule has 9 heteroatoms. The van der Waals surface area contributed by atoms with Gasteiger partial charge in [-0.2, -0.15) is 0 Å². The maximum atomic E-state index is 12.9. The standard InChI is InChI=1S/C20H20ClN3O4S/c1-29-16-6-7-18(24(27)28)17(13-16)20(26)23-10-8-22(9-11-23)19(25)12-14-2-4-15(21)5-3-14/h2-7,13H,8-12H2,1H3. The summed E-state index contributed by atoms with van der Waals surface area (Å²) in [6, 6.07) is 11.7. The fourth-order valence-corrected chi connectivity index (χ4v) is 3.76. The number of hydrogen-bond donors (Lipinski definition) is 0. The molecular formula is C20H20ClN3O4S. The molecule has 152 valence electrons. The molecule has 3 rings (SSSR count). The lowest BCUT2D eigenvalue weighted by Gasteiger charge is -2.34. The van der Waals surface area contributed by atoms with Gasteiger partial charge in [-0.15, -0.1) is 11.8 Å².